The number of carbonyl (C=O) groups is 2. The summed E-state index contributed by atoms with van der Waals surface area (Å²) in [5, 5.41) is 2.77. The predicted octanol–water partition coefficient (Wildman–Crippen LogP) is 4.65. The molecule has 0 saturated heterocycles. The lowest BCUT2D eigenvalue weighted by molar-refractivity contribution is -0.149. The molecule has 33 heavy (non-hydrogen) atoms. The number of rotatable bonds is 9. The average Bonchev–Trinajstić information content (AvgIpc) is 2.86. The summed E-state index contributed by atoms with van der Waals surface area (Å²) in [6.45, 7) is 0. The molecule has 3 aromatic carbocycles. The summed E-state index contributed by atoms with van der Waals surface area (Å²) in [5.41, 5.74) is 1.78. The molecule has 0 saturated carbocycles. The summed E-state index contributed by atoms with van der Waals surface area (Å²) in [5.74, 6) is 0.559. The van der Waals surface area contributed by atoms with Crippen molar-refractivity contribution in [3.63, 3.8) is 0 Å². The van der Waals surface area contributed by atoms with E-state index in [9.17, 15) is 9.59 Å². The fraction of sp³-hybridized carbons (Fsp3) is 0.154. The molecular formula is C26H25NO6. The van der Waals surface area contributed by atoms with Gasteiger partial charge in [0.25, 0.3) is 5.91 Å². The van der Waals surface area contributed by atoms with Gasteiger partial charge in [0.1, 0.15) is 5.75 Å². The monoisotopic (exact) mass is 447 g/mol. The Morgan fingerprint density at radius 3 is 2.27 bits per heavy atom. The quantitative estimate of drug-likeness (QED) is 0.380. The lowest BCUT2D eigenvalue weighted by atomic mass is 10.1. The minimum absolute atomic E-state index is 0.484. The van der Waals surface area contributed by atoms with Crippen molar-refractivity contribution in [2.45, 2.75) is 6.10 Å². The molecule has 0 fully saturated rings. The van der Waals surface area contributed by atoms with Crippen molar-refractivity contribution in [1.82, 2.24) is 0 Å². The van der Waals surface area contributed by atoms with Crippen molar-refractivity contribution in [2.24, 2.45) is 0 Å². The largest absolute Gasteiger partial charge is 0.497 e. The molecule has 1 N–H and O–H groups in total. The van der Waals surface area contributed by atoms with Gasteiger partial charge < -0.3 is 24.3 Å². The highest BCUT2D eigenvalue weighted by Crippen LogP contribution is 2.28. The van der Waals surface area contributed by atoms with Crippen LogP contribution in [-0.2, 0) is 14.3 Å². The number of ether oxygens (including phenoxy) is 4. The Balaban J connectivity index is 1.77. The van der Waals surface area contributed by atoms with Gasteiger partial charge in [0, 0.05) is 23.4 Å². The molecule has 1 amide bonds. The second-order valence-corrected chi connectivity index (χ2v) is 6.90. The molecule has 0 aliphatic rings. The maximum atomic E-state index is 13.0. The third-order valence-electron chi connectivity index (χ3n) is 4.73. The van der Waals surface area contributed by atoms with Gasteiger partial charge in [-0.1, -0.05) is 42.5 Å². The van der Waals surface area contributed by atoms with Gasteiger partial charge in [0.05, 0.1) is 21.3 Å². The van der Waals surface area contributed by atoms with Crippen LogP contribution in [0.5, 0.6) is 17.2 Å². The van der Waals surface area contributed by atoms with Gasteiger partial charge in [-0.05, 0) is 35.9 Å². The molecule has 0 aliphatic heterocycles. The number of methoxy groups -OCH3 is 3. The van der Waals surface area contributed by atoms with Gasteiger partial charge in [-0.25, -0.2) is 4.79 Å². The minimum Gasteiger partial charge on any atom is -0.497 e. The van der Waals surface area contributed by atoms with Gasteiger partial charge in [-0.3, -0.25) is 4.79 Å². The van der Waals surface area contributed by atoms with Crippen LogP contribution in [-0.4, -0.2) is 33.2 Å². The third kappa shape index (κ3) is 6.36. The summed E-state index contributed by atoms with van der Waals surface area (Å²) < 4.78 is 21.2. The Labute approximate surface area is 192 Å². The zero-order valence-corrected chi connectivity index (χ0v) is 18.6. The van der Waals surface area contributed by atoms with Crippen LogP contribution in [0.1, 0.15) is 17.2 Å². The van der Waals surface area contributed by atoms with Crippen LogP contribution in [0.15, 0.2) is 78.9 Å². The van der Waals surface area contributed by atoms with Crippen LogP contribution in [0.4, 0.5) is 5.69 Å². The molecule has 170 valence electrons. The molecule has 0 unspecified atom stereocenters. The molecule has 0 radical (unpaired) electrons. The summed E-state index contributed by atoms with van der Waals surface area (Å²) in [6.07, 6.45) is 1.70. The van der Waals surface area contributed by atoms with Gasteiger partial charge in [-0.2, -0.15) is 0 Å². The number of amides is 1. The Bertz CT molecular complexity index is 1130. The van der Waals surface area contributed by atoms with E-state index >= 15 is 0 Å². The molecule has 0 aliphatic carbocycles. The van der Waals surface area contributed by atoms with E-state index < -0.39 is 18.0 Å². The molecule has 0 heterocycles. The molecular weight excluding hydrogens is 422 g/mol. The highest BCUT2D eigenvalue weighted by Gasteiger charge is 2.24. The maximum Gasteiger partial charge on any atom is 0.331 e. The Hall–Kier alpha value is -4.26. The first kappa shape index (κ1) is 23.4. The number of carbonyl (C=O) groups excluding carboxylic acids is 2. The van der Waals surface area contributed by atoms with E-state index in [2.05, 4.69) is 5.32 Å². The van der Waals surface area contributed by atoms with Gasteiger partial charge in [0.2, 0.25) is 6.10 Å². The molecule has 0 spiro atoms. The van der Waals surface area contributed by atoms with Crippen LogP contribution < -0.4 is 19.5 Å². The van der Waals surface area contributed by atoms with E-state index in [1.165, 1.54) is 13.2 Å². The minimum atomic E-state index is -1.14. The van der Waals surface area contributed by atoms with Crippen LogP contribution in [0.2, 0.25) is 0 Å². The van der Waals surface area contributed by atoms with Crippen molar-refractivity contribution >= 4 is 23.6 Å². The van der Waals surface area contributed by atoms with E-state index in [0.717, 1.165) is 0 Å². The van der Waals surface area contributed by atoms with Crippen LogP contribution >= 0.6 is 0 Å². The summed E-state index contributed by atoms with van der Waals surface area (Å²) in [6, 6.07) is 21.0. The van der Waals surface area contributed by atoms with Crippen LogP contribution in [0.3, 0.4) is 0 Å². The molecule has 7 nitrogen and oxygen atoms in total. The number of esters is 1. The average molecular weight is 447 g/mol. The molecule has 3 rings (SSSR count). The van der Waals surface area contributed by atoms with Gasteiger partial charge in [-0.15, -0.1) is 0 Å². The third-order valence-corrected chi connectivity index (χ3v) is 4.73. The predicted molar refractivity (Wildman–Crippen MR) is 125 cm³/mol. The van der Waals surface area contributed by atoms with Crippen LogP contribution in [0, 0.1) is 0 Å². The first-order valence-corrected chi connectivity index (χ1v) is 10.1. The smallest absolute Gasteiger partial charge is 0.331 e. The van der Waals surface area contributed by atoms with Crippen molar-refractivity contribution in [3.05, 3.63) is 90.0 Å². The van der Waals surface area contributed by atoms with Gasteiger partial charge >= 0.3 is 5.97 Å². The molecule has 3 aromatic rings. The number of hydrogen-bond donors (Lipinski definition) is 1. The van der Waals surface area contributed by atoms with E-state index in [1.807, 2.05) is 6.07 Å². The zero-order chi connectivity index (χ0) is 23.6. The summed E-state index contributed by atoms with van der Waals surface area (Å²) in [4.78, 5) is 25.6. The zero-order valence-electron chi connectivity index (χ0n) is 18.6. The fourth-order valence-electron chi connectivity index (χ4n) is 3.09. The Morgan fingerprint density at radius 1 is 0.818 bits per heavy atom. The number of benzene rings is 3. The highest BCUT2D eigenvalue weighted by atomic mass is 16.5. The van der Waals surface area contributed by atoms with Gasteiger partial charge in [0.15, 0.2) is 11.5 Å². The lowest BCUT2D eigenvalue weighted by Crippen LogP contribution is -2.25. The second-order valence-electron chi connectivity index (χ2n) is 6.90. The fourth-order valence-corrected chi connectivity index (χ4v) is 3.09. The SMILES string of the molecule is COc1cccc(NC(=O)[C@@H](OC(=O)/C=C/c2ccc(OC)c(OC)c2)c2ccccc2)c1. The first-order chi connectivity index (χ1) is 16.0. The van der Waals surface area contributed by atoms with E-state index in [4.69, 9.17) is 18.9 Å². The molecule has 7 heteroatoms. The first-order valence-electron chi connectivity index (χ1n) is 10.1. The number of hydrogen-bond acceptors (Lipinski definition) is 6. The van der Waals surface area contributed by atoms with Crippen molar-refractivity contribution in [1.29, 1.82) is 0 Å². The normalized spacial score (nSPS) is 11.5. The second kappa shape index (κ2) is 11.4. The molecule has 0 aromatic heterocycles. The van der Waals surface area contributed by atoms with E-state index in [1.54, 1.807) is 87.0 Å². The number of nitrogens with one attached hydrogen (secondary N) is 1. The summed E-state index contributed by atoms with van der Waals surface area (Å²) >= 11 is 0. The van der Waals surface area contributed by atoms with E-state index in [0.29, 0.717) is 34.1 Å². The van der Waals surface area contributed by atoms with Crippen molar-refractivity contribution < 1.29 is 28.5 Å². The molecule has 0 bridgehead atoms. The standard InChI is InChI=1S/C26H25NO6/c1-30-21-11-7-10-20(17-21)27-26(29)25(19-8-5-4-6-9-19)33-24(28)15-13-18-12-14-22(31-2)23(16-18)32-3/h4-17,25H,1-3H3,(H,27,29)/b15-13+/t25-/m0/s1. The van der Waals surface area contributed by atoms with Crippen molar-refractivity contribution in [3.8, 4) is 17.2 Å². The highest BCUT2D eigenvalue weighted by molar-refractivity contribution is 5.97. The summed E-state index contributed by atoms with van der Waals surface area (Å²) in [7, 11) is 4.62. The Morgan fingerprint density at radius 2 is 1.58 bits per heavy atom. The van der Waals surface area contributed by atoms with E-state index in [-0.39, 0.29) is 0 Å². The Kier molecular flexibility index (Phi) is 8.07. The number of anilines is 1. The topological polar surface area (TPSA) is 83.1 Å². The van der Waals surface area contributed by atoms with Crippen LogP contribution in [0.25, 0.3) is 6.08 Å². The van der Waals surface area contributed by atoms with Crippen molar-refractivity contribution in [2.75, 3.05) is 26.6 Å². The lowest BCUT2D eigenvalue weighted by Gasteiger charge is -2.17. The molecule has 1 atom stereocenters. The maximum absolute atomic E-state index is 13.0.